The van der Waals surface area contributed by atoms with E-state index in [2.05, 4.69) is 0 Å². The fourth-order valence-electron chi connectivity index (χ4n) is 4.92. The first kappa shape index (κ1) is 23.2. The van der Waals surface area contributed by atoms with Crippen molar-refractivity contribution in [2.45, 2.75) is 38.7 Å². The van der Waals surface area contributed by atoms with Crippen LogP contribution in [0.2, 0.25) is 0 Å². The minimum absolute atomic E-state index is 0.187. The van der Waals surface area contributed by atoms with Crippen LogP contribution in [-0.2, 0) is 9.59 Å². The van der Waals surface area contributed by atoms with Gasteiger partial charge in [0.1, 0.15) is 5.75 Å². The number of phenols is 1. The zero-order valence-corrected chi connectivity index (χ0v) is 18.0. The van der Waals surface area contributed by atoms with E-state index < -0.39 is 23.9 Å². The van der Waals surface area contributed by atoms with E-state index in [9.17, 15) is 30.0 Å². The average molecular weight is 430 g/mol. The normalized spacial score (nSPS) is 25.3. The number of para-hydroxylation sites is 1. The van der Waals surface area contributed by atoms with Gasteiger partial charge in [-0.15, -0.1) is 0 Å². The van der Waals surface area contributed by atoms with E-state index in [0.29, 0.717) is 29.6 Å². The van der Waals surface area contributed by atoms with Crippen LogP contribution in [0.4, 0.5) is 0 Å². The van der Waals surface area contributed by atoms with E-state index in [1.54, 1.807) is 12.1 Å². The summed E-state index contributed by atoms with van der Waals surface area (Å²) in [5, 5.41) is 41.0. The topological polar surface area (TPSA) is 118 Å². The summed E-state index contributed by atoms with van der Waals surface area (Å²) in [6, 6.07) is 7.03. The highest BCUT2D eigenvalue weighted by molar-refractivity contribution is 6.05. The van der Waals surface area contributed by atoms with Crippen molar-refractivity contribution in [3.8, 4) is 5.75 Å². The van der Waals surface area contributed by atoms with Crippen molar-refractivity contribution in [1.29, 1.82) is 0 Å². The van der Waals surface area contributed by atoms with Crippen LogP contribution in [0, 0.1) is 17.8 Å². The number of carbonyl (C=O) groups excluding carboxylic acids is 2. The van der Waals surface area contributed by atoms with Crippen molar-refractivity contribution < 1.29 is 30.0 Å². The Labute approximate surface area is 182 Å². The maximum atomic E-state index is 12.6. The molecule has 1 aromatic carbocycles. The SMILES string of the molecule is CC/C(=C\c1ccccc1O)CC[C@@H](O)C1=C(CO)C[C@H]2C(=O)N(C)C(=O)[C@H]2[C@H]1CO. The molecule has 1 aromatic rings. The van der Waals surface area contributed by atoms with Gasteiger partial charge in [-0.1, -0.05) is 36.8 Å². The molecule has 0 aromatic heterocycles. The Morgan fingerprint density at radius 1 is 1.23 bits per heavy atom. The van der Waals surface area contributed by atoms with E-state index in [0.717, 1.165) is 16.9 Å². The number of allylic oxidation sites excluding steroid dienone is 1. The highest BCUT2D eigenvalue weighted by Crippen LogP contribution is 2.45. The predicted octanol–water partition coefficient (Wildman–Crippen LogP) is 1.86. The standard InChI is InChI=1S/C24H31NO6/c1-3-14(10-15-6-4-5-7-19(15)28)8-9-20(29)21-16(12-26)11-17-22(18(21)13-27)24(31)25(2)23(17)30/h4-7,10,17-18,20,22,26-29H,3,8-9,11-13H2,1-2H3/b14-10+/t17-,18+,20-,22-/m1/s1. The lowest BCUT2D eigenvalue weighted by Crippen LogP contribution is -2.39. The van der Waals surface area contributed by atoms with Gasteiger partial charge in [0, 0.05) is 18.5 Å². The third-order valence-electron chi connectivity index (χ3n) is 6.64. The average Bonchev–Trinajstić information content (AvgIpc) is 3.00. The van der Waals surface area contributed by atoms with Gasteiger partial charge in [0.2, 0.25) is 11.8 Å². The number of aliphatic hydroxyl groups is 3. The molecule has 1 aliphatic carbocycles. The van der Waals surface area contributed by atoms with Gasteiger partial charge in [0.25, 0.3) is 0 Å². The summed E-state index contributed by atoms with van der Waals surface area (Å²) < 4.78 is 0. The van der Waals surface area contributed by atoms with Crippen LogP contribution in [0.1, 0.15) is 38.2 Å². The third-order valence-corrected chi connectivity index (χ3v) is 6.64. The van der Waals surface area contributed by atoms with Crippen molar-refractivity contribution in [2.24, 2.45) is 17.8 Å². The summed E-state index contributed by atoms with van der Waals surface area (Å²) in [5.74, 6) is -2.45. The molecule has 7 nitrogen and oxygen atoms in total. The fourth-order valence-corrected chi connectivity index (χ4v) is 4.92. The van der Waals surface area contributed by atoms with Gasteiger partial charge < -0.3 is 20.4 Å². The summed E-state index contributed by atoms with van der Waals surface area (Å²) in [6.07, 6.45) is 2.79. The van der Waals surface area contributed by atoms with Crippen LogP contribution in [-0.4, -0.2) is 63.5 Å². The fraction of sp³-hybridized carbons (Fsp3) is 0.500. The third kappa shape index (κ3) is 4.44. The van der Waals surface area contributed by atoms with Gasteiger partial charge in [-0.3, -0.25) is 14.5 Å². The lowest BCUT2D eigenvalue weighted by molar-refractivity contribution is -0.138. The number of imide groups is 1. The van der Waals surface area contributed by atoms with Crippen molar-refractivity contribution in [1.82, 2.24) is 4.90 Å². The quantitative estimate of drug-likeness (QED) is 0.370. The Balaban J connectivity index is 1.82. The van der Waals surface area contributed by atoms with E-state index in [-0.39, 0.29) is 37.2 Å². The lowest BCUT2D eigenvalue weighted by Gasteiger charge is -2.36. The molecule has 0 saturated carbocycles. The Hall–Kier alpha value is -2.48. The molecule has 2 aliphatic rings. The highest BCUT2D eigenvalue weighted by Gasteiger charge is 2.53. The summed E-state index contributed by atoms with van der Waals surface area (Å²) >= 11 is 0. The van der Waals surface area contributed by atoms with Crippen LogP contribution in [0.15, 0.2) is 41.0 Å². The van der Waals surface area contributed by atoms with Gasteiger partial charge in [-0.2, -0.15) is 0 Å². The molecule has 7 heteroatoms. The molecule has 1 saturated heterocycles. The molecule has 1 fully saturated rings. The minimum Gasteiger partial charge on any atom is -0.507 e. The second-order valence-corrected chi connectivity index (χ2v) is 8.35. The molecule has 2 amide bonds. The van der Waals surface area contributed by atoms with E-state index in [4.69, 9.17) is 0 Å². The Kier molecular flexibility index (Phi) is 7.30. The summed E-state index contributed by atoms with van der Waals surface area (Å²) in [5.41, 5.74) is 2.76. The summed E-state index contributed by atoms with van der Waals surface area (Å²) in [7, 11) is 1.43. The molecule has 4 atom stereocenters. The number of hydrogen-bond acceptors (Lipinski definition) is 6. The van der Waals surface area contributed by atoms with E-state index in [1.165, 1.54) is 7.05 Å². The molecule has 4 N–H and O–H groups in total. The molecule has 1 aliphatic heterocycles. The number of rotatable bonds is 8. The summed E-state index contributed by atoms with van der Waals surface area (Å²) in [4.78, 5) is 26.1. The molecular formula is C24H31NO6. The first-order valence-electron chi connectivity index (χ1n) is 10.7. The Bertz CT molecular complexity index is 905. The molecule has 168 valence electrons. The molecule has 0 unspecified atom stereocenters. The minimum atomic E-state index is -0.951. The first-order chi connectivity index (χ1) is 14.8. The molecular weight excluding hydrogens is 398 g/mol. The molecule has 3 rings (SSSR count). The van der Waals surface area contributed by atoms with Crippen molar-refractivity contribution in [3.63, 3.8) is 0 Å². The zero-order chi connectivity index (χ0) is 22.7. The van der Waals surface area contributed by atoms with E-state index >= 15 is 0 Å². The summed E-state index contributed by atoms with van der Waals surface area (Å²) in [6.45, 7) is 1.29. The number of phenolic OH excluding ortho intramolecular Hbond substituents is 1. The number of fused-ring (bicyclic) bond motifs is 1. The van der Waals surface area contributed by atoms with Gasteiger partial charge in [0.15, 0.2) is 0 Å². The number of carbonyl (C=O) groups is 2. The number of aliphatic hydroxyl groups excluding tert-OH is 3. The van der Waals surface area contributed by atoms with Crippen molar-refractivity contribution in [3.05, 3.63) is 46.5 Å². The second-order valence-electron chi connectivity index (χ2n) is 8.35. The Morgan fingerprint density at radius 3 is 2.55 bits per heavy atom. The van der Waals surface area contributed by atoms with Gasteiger partial charge in [0.05, 0.1) is 31.2 Å². The maximum Gasteiger partial charge on any atom is 0.233 e. The van der Waals surface area contributed by atoms with Crippen LogP contribution >= 0.6 is 0 Å². The van der Waals surface area contributed by atoms with Gasteiger partial charge in [-0.05, 0) is 42.9 Å². The number of hydrogen-bond donors (Lipinski definition) is 4. The molecule has 31 heavy (non-hydrogen) atoms. The van der Waals surface area contributed by atoms with Crippen LogP contribution in [0.3, 0.4) is 0 Å². The highest BCUT2D eigenvalue weighted by atomic mass is 16.3. The van der Waals surface area contributed by atoms with E-state index in [1.807, 2.05) is 25.1 Å². The zero-order valence-electron chi connectivity index (χ0n) is 18.0. The van der Waals surface area contributed by atoms with Gasteiger partial charge in [-0.25, -0.2) is 0 Å². The Morgan fingerprint density at radius 2 is 1.94 bits per heavy atom. The van der Waals surface area contributed by atoms with Crippen molar-refractivity contribution in [2.75, 3.05) is 20.3 Å². The number of nitrogens with zero attached hydrogens (tertiary/aromatic N) is 1. The molecule has 0 radical (unpaired) electrons. The second kappa shape index (κ2) is 9.77. The molecule has 0 bridgehead atoms. The predicted molar refractivity (Wildman–Crippen MR) is 116 cm³/mol. The largest absolute Gasteiger partial charge is 0.507 e. The number of aromatic hydroxyl groups is 1. The monoisotopic (exact) mass is 429 g/mol. The van der Waals surface area contributed by atoms with Gasteiger partial charge >= 0.3 is 0 Å². The van der Waals surface area contributed by atoms with Crippen LogP contribution in [0.5, 0.6) is 5.75 Å². The lowest BCUT2D eigenvalue weighted by atomic mass is 9.68. The number of amides is 2. The maximum absolute atomic E-state index is 12.6. The smallest absolute Gasteiger partial charge is 0.233 e. The van der Waals surface area contributed by atoms with Crippen molar-refractivity contribution >= 4 is 17.9 Å². The molecule has 0 spiro atoms. The number of likely N-dealkylation sites (tertiary alicyclic amines) is 1. The van der Waals surface area contributed by atoms with Crippen LogP contribution < -0.4 is 0 Å². The number of benzene rings is 1. The molecule has 1 heterocycles. The van der Waals surface area contributed by atoms with Crippen LogP contribution in [0.25, 0.3) is 6.08 Å². The first-order valence-corrected chi connectivity index (χ1v) is 10.7.